The average Bonchev–Trinajstić information content (AvgIpc) is 2.18. The van der Waals surface area contributed by atoms with E-state index in [9.17, 15) is 0 Å². The third-order valence-corrected chi connectivity index (χ3v) is 1.58. The molecule has 0 saturated heterocycles. The van der Waals surface area contributed by atoms with Gasteiger partial charge in [-0.2, -0.15) is 0 Å². The molecule has 0 aromatic carbocycles. The highest BCUT2D eigenvalue weighted by atomic mass is 16.5. The van der Waals surface area contributed by atoms with E-state index in [0.29, 0.717) is 17.5 Å². The third-order valence-electron chi connectivity index (χ3n) is 1.58. The highest BCUT2D eigenvalue weighted by Gasteiger charge is 1.93. The number of aromatic nitrogens is 2. The summed E-state index contributed by atoms with van der Waals surface area (Å²) in [5, 5.41) is 7.72. The zero-order valence-corrected chi connectivity index (χ0v) is 8.74. The molecule has 0 amide bonds. The lowest BCUT2D eigenvalue weighted by atomic mass is 10.1. The molecule has 0 N–H and O–H groups in total. The SMILES string of the molecule is COc1ccc(C#CCC(C)C)nn1. The fourth-order valence-electron chi connectivity index (χ4n) is 0.841. The van der Waals surface area contributed by atoms with Gasteiger partial charge in [0.1, 0.15) is 5.69 Å². The van der Waals surface area contributed by atoms with Crippen molar-refractivity contribution in [3.63, 3.8) is 0 Å². The van der Waals surface area contributed by atoms with Crippen LogP contribution in [0.15, 0.2) is 12.1 Å². The minimum absolute atomic E-state index is 0.513. The second-order valence-corrected chi connectivity index (χ2v) is 3.36. The summed E-state index contributed by atoms with van der Waals surface area (Å²) in [6.07, 6.45) is 0.883. The summed E-state index contributed by atoms with van der Waals surface area (Å²) in [5.74, 6) is 7.10. The zero-order chi connectivity index (χ0) is 10.4. The second-order valence-electron chi connectivity index (χ2n) is 3.36. The smallest absolute Gasteiger partial charge is 0.233 e. The van der Waals surface area contributed by atoms with E-state index in [-0.39, 0.29) is 0 Å². The fourth-order valence-corrected chi connectivity index (χ4v) is 0.841. The molecule has 0 unspecified atom stereocenters. The van der Waals surface area contributed by atoms with Gasteiger partial charge in [-0.05, 0) is 17.9 Å². The molecule has 0 atom stereocenters. The minimum Gasteiger partial charge on any atom is -0.480 e. The topological polar surface area (TPSA) is 35.0 Å². The predicted molar refractivity (Wildman–Crippen MR) is 54.9 cm³/mol. The average molecular weight is 190 g/mol. The predicted octanol–water partition coefficient (Wildman–Crippen LogP) is 1.88. The van der Waals surface area contributed by atoms with Crippen LogP contribution in [0.3, 0.4) is 0 Å². The lowest BCUT2D eigenvalue weighted by Gasteiger charge is -1.95. The van der Waals surface area contributed by atoms with Gasteiger partial charge in [0.15, 0.2) is 0 Å². The van der Waals surface area contributed by atoms with Crippen molar-refractivity contribution in [2.24, 2.45) is 5.92 Å². The van der Waals surface area contributed by atoms with Crippen molar-refractivity contribution < 1.29 is 4.74 Å². The Kier molecular flexibility index (Phi) is 3.93. The summed E-state index contributed by atoms with van der Waals surface area (Å²) in [7, 11) is 1.56. The van der Waals surface area contributed by atoms with Crippen molar-refractivity contribution in [3.8, 4) is 17.7 Å². The molecule has 0 radical (unpaired) electrons. The molecule has 3 nitrogen and oxygen atoms in total. The largest absolute Gasteiger partial charge is 0.480 e. The molecule has 1 rings (SSSR count). The van der Waals surface area contributed by atoms with Gasteiger partial charge in [0.2, 0.25) is 5.88 Å². The van der Waals surface area contributed by atoms with Crippen molar-refractivity contribution >= 4 is 0 Å². The van der Waals surface area contributed by atoms with Gasteiger partial charge in [-0.1, -0.05) is 19.8 Å². The Hall–Kier alpha value is -1.56. The van der Waals surface area contributed by atoms with Crippen LogP contribution in [-0.4, -0.2) is 17.3 Å². The summed E-state index contributed by atoms with van der Waals surface area (Å²) in [6, 6.07) is 3.56. The Morgan fingerprint density at radius 1 is 1.36 bits per heavy atom. The maximum Gasteiger partial charge on any atom is 0.233 e. The van der Waals surface area contributed by atoms with Gasteiger partial charge in [0.05, 0.1) is 7.11 Å². The van der Waals surface area contributed by atoms with Gasteiger partial charge >= 0.3 is 0 Å². The quantitative estimate of drug-likeness (QED) is 0.668. The highest BCUT2D eigenvalue weighted by molar-refractivity contribution is 5.27. The van der Waals surface area contributed by atoms with Crippen molar-refractivity contribution in [1.82, 2.24) is 10.2 Å². The number of ether oxygens (including phenoxy) is 1. The number of methoxy groups -OCH3 is 1. The van der Waals surface area contributed by atoms with Crippen molar-refractivity contribution in [2.45, 2.75) is 20.3 Å². The highest BCUT2D eigenvalue weighted by Crippen LogP contribution is 2.02. The Labute approximate surface area is 84.5 Å². The van der Waals surface area contributed by atoms with E-state index < -0.39 is 0 Å². The molecule has 14 heavy (non-hydrogen) atoms. The van der Waals surface area contributed by atoms with Gasteiger partial charge in [-0.15, -0.1) is 10.2 Å². The number of nitrogens with zero attached hydrogens (tertiary/aromatic N) is 2. The fraction of sp³-hybridized carbons (Fsp3) is 0.455. The molecule has 0 aliphatic heterocycles. The van der Waals surface area contributed by atoms with E-state index in [1.54, 1.807) is 19.2 Å². The third kappa shape index (κ3) is 3.44. The van der Waals surface area contributed by atoms with Crippen LogP contribution < -0.4 is 4.74 Å². The van der Waals surface area contributed by atoms with Gasteiger partial charge in [-0.3, -0.25) is 0 Å². The molecule has 3 heteroatoms. The van der Waals surface area contributed by atoms with E-state index in [1.165, 1.54) is 0 Å². The van der Waals surface area contributed by atoms with Crippen LogP contribution in [0.1, 0.15) is 26.0 Å². The van der Waals surface area contributed by atoms with Crippen LogP contribution >= 0.6 is 0 Å². The van der Waals surface area contributed by atoms with E-state index in [4.69, 9.17) is 4.74 Å². The first-order valence-electron chi connectivity index (χ1n) is 4.59. The van der Waals surface area contributed by atoms with Crippen LogP contribution in [0, 0.1) is 17.8 Å². The molecule has 0 saturated carbocycles. The summed E-state index contributed by atoms with van der Waals surface area (Å²) in [5.41, 5.74) is 0.687. The van der Waals surface area contributed by atoms with E-state index in [1.807, 2.05) is 0 Å². The molecular formula is C11H14N2O. The number of hydrogen-bond donors (Lipinski definition) is 0. The molecule has 1 aromatic rings. The molecule has 0 aliphatic rings. The van der Waals surface area contributed by atoms with Crippen molar-refractivity contribution in [2.75, 3.05) is 7.11 Å². The van der Waals surface area contributed by atoms with Crippen LogP contribution in [0.25, 0.3) is 0 Å². The first kappa shape index (κ1) is 10.5. The summed E-state index contributed by atoms with van der Waals surface area (Å²) in [4.78, 5) is 0. The van der Waals surface area contributed by atoms with Crippen LogP contribution in [-0.2, 0) is 0 Å². The maximum absolute atomic E-state index is 4.89. The lowest BCUT2D eigenvalue weighted by molar-refractivity contribution is 0.391. The van der Waals surface area contributed by atoms with Gasteiger partial charge in [0.25, 0.3) is 0 Å². The molecule has 0 bridgehead atoms. The Morgan fingerprint density at radius 3 is 2.64 bits per heavy atom. The van der Waals surface area contributed by atoms with E-state index >= 15 is 0 Å². The first-order chi connectivity index (χ1) is 6.72. The minimum atomic E-state index is 0.513. The Morgan fingerprint density at radius 2 is 2.14 bits per heavy atom. The molecule has 0 aliphatic carbocycles. The maximum atomic E-state index is 4.89. The number of rotatable bonds is 2. The second kappa shape index (κ2) is 5.23. The van der Waals surface area contributed by atoms with Crippen LogP contribution in [0.5, 0.6) is 5.88 Å². The molecule has 0 fully saturated rings. The van der Waals surface area contributed by atoms with E-state index in [2.05, 4.69) is 35.9 Å². The molecular weight excluding hydrogens is 176 g/mol. The normalized spacial score (nSPS) is 9.43. The number of hydrogen-bond acceptors (Lipinski definition) is 3. The Bertz CT molecular complexity index is 333. The molecule has 1 heterocycles. The molecule has 74 valence electrons. The summed E-state index contributed by atoms with van der Waals surface area (Å²) in [6.45, 7) is 4.27. The van der Waals surface area contributed by atoms with Crippen molar-refractivity contribution in [3.05, 3.63) is 17.8 Å². The molecule has 0 spiro atoms. The van der Waals surface area contributed by atoms with Gasteiger partial charge in [-0.25, -0.2) is 0 Å². The zero-order valence-electron chi connectivity index (χ0n) is 8.74. The first-order valence-corrected chi connectivity index (χ1v) is 4.59. The summed E-state index contributed by atoms with van der Waals surface area (Å²) < 4.78 is 4.89. The van der Waals surface area contributed by atoms with Gasteiger partial charge in [0, 0.05) is 12.5 Å². The van der Waals surface area contributed by atoms with Gasteiger partial charge < -0.3 is 4.74 Å². The monoisotopic (exact) mass is 190 g/mol. The summed E-state index contributed by atoms with van der Waals surface area (Å²) >= 11 is 0. The Balaban J connectivity index is 2.62. The standard InChI is InChI=1S/C11H14N2O/c1-9(2)5-4-6-10-7-8-11(14-3)13-12-10/h7-9H,5H2,1-3H3. The van der Waals surface area contributed by atoms with Crippen LogP contribution in [0.4, 0.5) is 0 Å². The van der Waals surface area contributed by atoms with Crippen LogP contribution in [0.2, 0.25) is 0 Å². The van der Waals surface area contributed by atoms with Crippen molar-refractivity contribution in [1.29, 1.82) is 0 Å². The van der Waals surface area contributed by atoms with E-state index in [0.717, 1.165) is 6.42 Å². The molecule has 1 aromatic heterocycles. The lowest BCUT2D eigenvalue weighted by Crippen LogP contribution is -1.92.